The highest BCUT2D eigenvalue weighted by Gasteiger charge is 2.04. The maximum atomic E-state index is 8.83. The molecular formula is C16H16N2O. The topological polar surface area (TPSA) is 59.0 Å². The van der Waals surface area contributed by atoms with Crippen LogP contribution in [0.3, 0.4) is 0 Å². The van der Waals surface area contributed by atoms with Crippen molar-refractivity contribution in [1.29, 1.82) is 5.26 Å². The second kappa shape index (κ2) is 6.03. The predicted molar refractivity (Wildman–Crippen MR) is 74.9 cm³/mol. The van der Waals surface area contributed by atoms with E-state index in [2.05, 4.69) is 13.0 Å². The molecule has 0 aromatic heterocycles. The summed E-state index contributed by atoms with van der Waals surface area (Å²) < 4.78 is 5.70. The van der Waals surface area contributed by atoms with E-state index in [9.17, 15) is 0 Å². The maximum absolute atomic E-state index is 8.83. The molecule has 2 N–H and O–H groups in total. The van der Waals surface area contributed by atoms with Crippen molar-refractivity contribution in [1.82, 2.24) is 0 Å². The molecule has 1 atom stereocenters. The third-order valence-electron chi connectivity index (χ3n) is 2.95. The van der Waals surface area contributed by atoms with Gasteiger partial charge in [-0.3, -0.25) is 0 Å². The van der Waals surface area contributed by atoms with Gasteiger partial charge in [0.25, 0.3) is 0 Å². The molecule has 2 rings (SSSR count). The van der Waals surface area contributed by atoms with Crippen molar-refractivity contribution >= 4 is 0 Å². The lowest BCUT2D eigenvalue weighted by atomic mass is 10.1. The predicted octanol–water partition coefficient (Wildman–Crippen LogP) is 3.76. The standard InChI is InChI=1S/C16H16N2O/c1-2-16(18)13-6-8-14(9-7-13)19-15-5-3-4-12(10-15)11-17/h3-10,16H,2,18H2,1H3/t16-/m0/s1. The van der Waals surface area contributed by atoms with Crippen LogP contribution in [0, 0.1) is 11.3 Å². The zero-order chi connectivity index (χ0) is 13.7. The summed E-state index contributed by atoms with van der Waals surface area (Å²) >= 11 is 0. The van der Waals surface area contributed by atoms with Gasteiger partial charge in [-0.1, -0.05) is 25.1 Å². The molecule has 0 radical (unpaired) electrons. The van der Waals surface area contributed by atoms with E-state index in [1.54, 1.807) is 18.2 Å². The number of hydrogen-bond acceptors (Lipinski definition) is 3. The summed E-state index contributed by atoms with van der Waals surface area (Å²) in [6.45, 7) is 2.06. The minimum Gasteiger partial charge on any atom is -0.457 e. The van der Waals surface area contributed by atoms with E-state index in [1.807, 2.05) is 30.3 Å². The van der Waals surface area contributed by atoms with Crippen LogP contribution >= 0.6 is 0 Å². The SMILES string of the molecule is CC[C@H](N)c1ccc(Oc2cccc(C#N)c2)cc1. The van der Waals surface area contributed by atoms with E-state index in [1.165, 1.54) is 0 Å². The molecule has 0 aliphatic rings. The van der Waals surface area contributed by atoms with Crippen molar-refractivity contribution in [2.75, 3.05) is 0 Å². The van der Waals surface area contributed by atoms with Crippen LogP contribution in [0.25, 0.3) is 0 Å². The highest BCUT2D eigenvalue weighted by molar-refractivity contribution is 5.39. The van der Waals surface area contributed by atoms with Crippen molar-refractivity contribution in [3.8, 4) is 17.6 Å². The van der Waals surface area contributed by atoms with Crippen molar-refractivity contribution in [3.05, 3.63) is 59.7 Å². The Morgan fingerprint density at radius 2 is 1.89 bits per heavy atom. The van der Waals surface area contributed by atoms with Gasteiger partial charge in [-0.05, 0) is 42.3 Å². The largest absolute Gasteiger partial charge is 0.457 e. The smallest absolute Gasteiger partial charge is 0.128 e. The molecule has 0 bridgehead atoms. The van der Waals surface area contributed by atoms with Crippen molar-refractivity contribution in [2.45, 2.75) is 19.4 Å². The first-order valence-corrected chi connectivity index (χ1v) is 6.26. The summed E-state index contributed by atoms with van der Waals surface area (Å²) in [7, 11) is 0. The van der Waals surface area contributed by atoms with Gasteiger partial charge in [0, 0.05) is 6.04 Å². The minimum atomic E-state index is 0.0657. The van der Waals surface area contributed by atoms with Gasteiger partial charge in [0.15, 0.2) is 0 Å². The summed E-state index contributed by atoms with van der Waals surface area (Å²) in [6, 6.07) is 17.0. The normalized spacial score (nSPS) is 11.6. The van der Waals surface area contributed by atoms with Crippen LogP contribution in [-0.4, -0.2) is 0 Å². The summed E-state index contributed by atoms with van der Waals surface area (Å²) in [5.74, 6) is 1.40. The first-order valence-electron chi connectivity index (χ1n) is 6.26. The molecule has 0 unspecified atom stereocenters. The van der Waals surface area contributed by atoms with Crippen LogP contribution in [0.4, 0.5) is 0 Å². The number of nitrogens with two attached hydrogens (primary N) is 1. The van der Waals surface area contributed by atoms with Gasteiger partial charge < -0.3 is 10.5 Å². The van der Waals surface area contributed by atoms with Gasteiger partial charge in [-0.15, -0.1) is 0 Å². The lowest BCUT2D eigenvalue weighted by Crippen LogP contribution is -2.07. The zero-order valence-electron chi connectivity index (χ0n) is 10.8. The van der Waals surface area contributed by atoms with E-state index in [0.29, 0.717) is 11.3 Å². The van der Waals surface area contributed by atoms with Crippen LogP contribution in [0.5, 0.6) is 11.5 Å². The maximum Gasteiger partial charge on any atom is 0.128 e. The molecule has 2 aromatic rings. The molecule has 0 aliphatic heterocycles. The molecular weight excluding hydrogens is 236 g/mol. The second-order valence-electron chi connectivity index (χ2n) is 4.33. The Morgan fingerprint density at radius 1 is 1.16 bits per heavy atom. The fourth-order valence-corrected chi connectivity index (χ4v) is 1.78. The summed E-state index contributed by atoms with van der Waals surface area (Å²) in [4.78, 5) is 0. The Kier molecular flexibility index (Phi) is 4.17. The summed E-state index contributed by atoms with van der Waals surface area (Å²) in [5.41, 5.74) is 7.64. The second-order valence-corrected chi connectivity index (χ2v) is 4.33. The average molecular weight is 252 g/mol. The Labute approximate surface area is 113 Å². The zero-order valence-corrected chi connectivity index (χ0v) is 10.8. The van der Waals surface area contributed by atoms with E-state index >= 15 is 0 Å². The number of ether oxygens (including phenoxy) is 1. The summed E-state index contributed by atoms with van der Waals surface area (Å²) in [5, 5.41) is 8.83. The third kappa shape index (κ3) is 3.34. The Morgan fingerprint density at radius 3 is 2.53 bits per heavy atom. The van der Waals surface area contributed by atoms with Gasteiger partial charge in [0.05, 0.1) is 11.6 Å². The average Bonchev–Trinajstić information content (AvgIpc) is 2.47. The quantitative estimate of drug-likeness (QED) is 0.901. The van der Waals surface area contributed by atoms with E-state index in [4.69, 9.17) is 15.7 Å². The van der Waals surface area contributed by atoms with E-state index < -0.39 is 0 Å². The van der Waals surface area contributed by atoms with Crippen molar-refractivity contribution < 1.29 is 4.74 Å². The third-order valence-corrected chi connectivity index (χ3v) is 2.95. The monoisotopic (exact) mass is 252 g/mol. The van der Waals surface area contributed by atoms with E-state index in [0.717, 1.165) is 17.7 Å². The minimum absolute atomic E-state index is 0.0657. The number of nitrogens with zero attached hydrogens (tertiary/aromatic N) is 1. The summed E-state index contributed by atoms with van der Waals surface area (Å²) in [6.07, 6.45) is 0.907. The number of benzene rings is 2. The molecule has 96 valence electrons. The first-order chi connectivity index (χ1) is 9.22. The molecule has 0 heterocycles. The van der Waals surface area contributed by atoms with E-state index in [-0.39, 0.29) is 6.04 Å². The Balaban J connectivity index is 2.13. The van der Waals surface area contributed by atoms with Crippen LogP contribution in [0.1, 0.15) is 30.5 Å². The molecule has 19 heavy (non-hydrogen) atoms. The molecule has 3 nitrogen and oxygen atoms in total. The number of hydrogen-bond donors (Lipinski definition) is 1. The van der Waals surface area contributed by atoms with Gasteiger partial charge in [0.2, 0.25) is 0 Å². The molecule has 0 fully saturated rings. The van der Waals surface area contributed by atoms with Crippen molar-refractivity contribution in [2.24, 2.45) is 5.73 Å². The number of nitriles is 1. The highest BCUT2D eigenvalue weighted by Crippen LogP contribution is 2.24. The molecule has 0 saturated carbocycles. The molecule has 0 aliphatic carbocycles. The van der Waals surface area contributed by atoms with Crippen molar-refractivity contribution in [3.63, 3.8) is 0 Å². The fourth-order valence-electron chi connectivity index (χ4n) is 1.78. The van der Waals surface area contributed by atoms with Gasteiger partial charge >= 0.3 is 0 Å². The molecule has 3 heteroatoms. The first kappa shape index (κ1) is 13.1. The molecule has 2 aromatic carbocycles. The number of rotatable bonds is 4. The van der Waals surface area contributed by atoms with Gasteiger partial charge in [-0.2, -0.15) is 5.26 Å². The van der Waals surface area contributed by atoms with Crippen LogP contribution in [-0.2, 0) is 0 Å². The molecule has 0 spiro atoms. The van der Waals surface area contributed by atoms with Gasteiger partial charge in [-0.25, -0.2) is 0 Å². The lowest BCUT2D eigenvalue weighted by Gasteiger charge is -2.10. The van der Waals surface area contributed by atoms with Crippen LogP contribution in [0.2, 0.25) is 0 Å². The Bertz CT molecular complexity index is 584. The molecule has 0 saturated heterocycles. The van der Waals surface area contributed by atoms with Crippen LogP contribution < -0.4 is 10.5 Å². The highest BCUT2D eigenvalue weighted by atomic mass is 16.5. The Hall–Kier alpha value is -2.31. The van der Waals surface area contributed by atoms with Crippen LogP contribution in [0.15, 0.2) is 48.5 Å². The van der Waals surface area contributed by atoms with Gasteiger partial charge in [0.1, 0.15) is 11.5 Å². The fraction of sp³-hybridized carbons (Fsp3) is 0.188. The molecule has 0 amide bonds. The lowest BCUT2D eigenvalue weighted by molar-refractivity contribution is 0.482.